The SMILES string of the molecule is CNCc1ccc(CS(=O)(=O)N(C)CC2CC2C)cc1. The van der Waals surface area contributed by atoms with Gasteiger partial charge in [0.05, 0.1) is 5.75 Å². The molecule has 0 radical (unpaired) electrons. The lowest BCUT2D eigenvalue weighted by Crippen LogP contribution is -2.30. The van der Waals surface area contributed by atoms with E-state index < -0.39 is 10.0 Å². The predicted octanol–water partition coefficient (Wildman–Crippen LogP) is 1.82. The molecule has 2 rings (SSSR count). The third-order valence-corrected chi connectivity index (χ3v) is 5.79. The average molecular weight is 296 g/mol. The zero-order valence-electron chi connectivity index (χ0n) is 12.5. The van der Waals surface area contributed by atoms with Crippen molar-refractivity contribution in [3.8, 4) is 0 Å². The maximum atomic E-state index is 12.3. The van der Waals surface area contributed by atoms with Crippen LogP contribution in [0.3, 0.4) is 0 Å². The highest BCUT2D eigenvalue weighted by atomic mass is 32.2. The van der Waals surface area contributed by atoms with Gasteiger partial charge in [0.15, 0.2) is 0 Å². The Balaban J connectivity index is 1.96. The summed E-state index contributed by atoms with van der Waals surface area (Å²) in [5, 5.41) is 3.08. The number of hydrogen-bond donors (Lipinski definition) is 1. The minimum Gasteiger partial charge on any atom is -0.316 e. The smallest absolute Gasteiger partial charge is 0.218 e. The third kappa shape index (κ3) is 4.04. The van der Waals surface area contributed by atoms with Crippen molar-refractivity contribution in [2.45, 2.75) is 25.6 Å². The summed E-state index contributed by atoms with van der Waals surface area (Å²) in [6.45, 7) is 3.62. The molecule has 0 saturated heterocycles. The molecule has 1 N–H and O–H groups in total. The zero-order chi connectivity index (χ0) is 14.8. The first kappa shape index (κ1) is 15.5. The molecule has 0 spiro atoms. The molecule has 0 bridgehead atoms. The minimum absolute atomic E-state index is 0.0877. The number of hydrogen-bond acceptors (Lipinski definition) is 3. The van der Waals surface area contributed by atoms with Gasteiger partial charge >= 0.3 is 0 Å². The van der Waals surface area contributed by atoms with Gasteiger partial charge in [0, 0.05) is 20.1 Å². The second kappa shape index (κ2) is 6.24. The van der Waals surface area contributed by atoms with Crippen LogP contribution in [0.5, 0.6) is 0 Å². The highest BCUT2D eigenvalue weighted by Gasteiger charge is 2.35. The summed E-state index contributed by atoms with van der Waals surface area (Å²) < 4.78 is 26.1. The second-order valence-electron chi connectivity index (χ2n) is 5.86. The third-order valence-electron chi connectivity index (χ3n) is 4.00. The molecule has 4 nitrogen and oxygen atoms in total. The van der Waals surface area contributed by atoms with Gasteiger partial charge in [0.2, 0.25) is 10.0 Å². The monoisotopic (exact) mass is 296 g/mol. The summed E-state index contributed by atoms with van der Waals surface area (Å²) in [5.74, 6) is 1.31. The minimum atomic E-state index is -3.20. The molecule has 2 atom stereocenters. The number of nitrogens with one attached hydrogen (secondary N) is 1. The lowest BCUT2D eigenvalue weighted by Gasteiger charge is -2.17. The Kier molecular flexibility index (Phi) is 4.83. The normalized spacial score (nSPS) is 22.2. The first-order valence-electron chi connectivity index (χ1n) is 7.09. The predicted molar refractivity (Wildman–Crippen MR) is 81.7 cm³/mol. The van der Waals surface area contributed by atoms with E-state index in [-0.39, 0.29) is 5.75 Å². The molecular formula is C15H24N2O2S. The number of benzene rings is 1. The van der Waals surface area contributed by atoms with Crippen LogP contribution >= 0.6 is 0 Å². The summed E-state index contributed by atoms with van der Waals surface area (Å²) in [5.41, 5.74) is 2.01. The summed E-state index contributed by atoms with van der Waals surface area (Å²) in [6.07, 6.45) is 1.15. The quantitative estimate of drug-likeness (QED) is 0.835. The number of nitrogens with zero attached hydrogens (tertiary/aromatic N) is 1. The molecule has 1 aromatic carbocycles. The van der Waals surface area contributed by atoms with Crippen LogP contribution in [0.4, 0.5) is 0 Å². The van der Waals surface area contributed by atoms with Gasteiger partial charge in [-0.3, -0.25) is 0 Å². The fraction of sp³-hybridized carbons (Fsp3) is 0.600. The largest absolute Gasteiger partial charge is 0.316 e. The Morgan fingerprint density at radius 3 is 2.30 bits per heavy atom. The summed E-state index contributed by atoms with van der Waals surface area (Å²) in [4.78, 5) is 0. The van der Waals surface area contributed by atoms with Gasteiger partial charge in [-0.05, 0) is 36.4 Å². The number of sulfonamides is 1. The molecular weight excluding hydrogens is 272 g/mol. The molecule has 1 aliphatic carbocycles. The molecule has 1 saturated carbocycles. The van der Waals surface area contributed by atoms with Crippen molar-refractivity contribution in [2.75, 3.05) is 20.6 Å². The Labute approximate surface area is 122 Å². The van der Waals surface area contributed by atoms with Gasteiger partial charge in [-0.15, -0.1) is 0 Å². The molecule has 0 amide bonds. The van der Waals surface area contributed by atoms with E-state index in [9.17, 15) is 8.42 Å². The van der Waals surface area contributed by atoms with E-state index >= 15 is 0 Å². The van der Waals surface area contributed by atoms with Gasteiger partial charge in [0.1, 0.15) is 0 Å². The fourth-order valence-corrected chi connectivity index (χ4v) is 3.63. The molecule has 1 aliphatic rings. The van der Waals surface area contributed by atoms with Crippen LogP contribution in [0.2, 0.25) is 0 Å². The molecule has 1 fully saturated rings. The Hall–Kier alpha value is -0.910. The summed E-state index contributed by atoms with van der Waals surface area (Å²) in [6, 6.07) is 7.75. The first-order chi connectivity index (χ1) is 9.42. The highest BCUT2D eigenvalue weighted by Crippen LogP contribution is 2.38. The van der Waals surface area contributed by atoms with E-state index in [1.165, 1.54) is 4.31 Å². The highest BCUT2D eigenvalue weighted by molar-refractivity contribution is 7.88. The molecule has 112 valence electrons. The molecule has 0 aliphatic heterocycles. The lowest BCUT2D eigenvalue weighted by molar-refractivity contribution is 0.444. The van der Waals surface area contributed by atoms with Crippen molar-refractivity contribution < 1.29 is 8.42 Å². The number of rotatable bonds is 7. The van der Waals surface area contributed by atoms with Crippen LogP contribution in [0.15, 0.2) is 24.3 Å². The lowest BCUT2D eigenvalue weighted by atomic mass is 10.1. The van der Waals surface area contributed by atoms with E-state index in [1.807, 2.05) is 31.3 Å². The molecule has 0 aromatic heterocycles. The van der Waals surface area contributed by atoms with E-state index in [4.69, 9.17) is 0 Å². The first-order valence-corrected chi connectivity index (χ1v) is 8.69. The standard InChI is InChI=1S/C15H24N2O2S/c1-12-8-15(12)10-17(3)20(18,19)11-14-6-4-13(5-7-14)9-16-2/h4-7,12,15-16H,8-11H2,1-3H3. The second-order valence-corrected chi connectivity index (χ2v) is 7.93. The molecule has 2 unspecified atom stereocenters. The summed E-state index contributed by atoms with van der Waals surface area (Å²) in [7, 11) is 0.386. The Morgan fingerprint density at radius 1 is 1.25 bits per heavy atom. The van der Waals surface area contributed by atoms with E-state index in [1.54, 1.807) is 7.05 Å². The maximum Gasteiger partial charge on any atom is 0.218 e. The van der Waals surface area contributed by atoms with E-state index in [0.717, 1.165) is 24.1 Å². The van der Waals surface area contributed by atoms with Gasteiger partial charge in [-0.25, -0.2) is 12.7 Å². The Morgan fingerprint density at radius 2 is 1.80 bits per heavy atom. The fourth-order valence-electron chi connectivity index (χ4n) is 2.38. The van der Waals surface area contributed by atoms with Crippen LogP contribution in [0.1, 0.15) is 24.5 Å². The zero-order valence-corrected chi connectivity index (χ0v) is 13.3. The summed E-state index contributed by atoms with van der Waals surface area (Å²) >= 11 is 0. The molecule has 5 heteroatoms. The van der Waals surface area contributed by atoms with Crippen LogP contribution < -0.4 is 5.32 Å². The van der Waals surface area contributed by atoms with Crippen molar-refractivity contribution in [1.82, 2.24) is 9.62 Å². The topological polar surface area (TPSA) is 49.4 Å². The van der Waals surface area contributed by atoms with Gasteiger partial charge in [-0.1, -0.05) is 31.2 Å². The van der Waals surface area contributed by atoms with Crippen molar-refractivity contribution in [3.63, 3.8) is 0 Å². The van der Waals surface area contributed by atoms with Crippen LogP contribution in [0, 0.1) is 11.8 Å². The average Bonchev–Trinajstić information content (AvgIpc) is 3.07. The van der Waals surface area contributed by atoms with Gasteiger partial charge in [0.25, 0.3) is 0 Å². The van der Waals surface area contributed by atoms with Crippen molar-refractivity contribution in [2.24, 2.45) is 11.8 Å². The van der Waals surface area contributed by atoms with Gasteiger partial charge in [-0.2, -0.15) is 0 Å². The van der Waals surface area contributed by atoms with E-state index in [0.29, 0.717) is 18.4 Å². The van der Waals surface area contributed by atoms with Crippen LogP contribution in [-0.2, 0) is 22.3 Å². The van der Waals surface area contributed by atoms with Crippen molar-refractivity contribution >= 4 is 10.0 Å². The van der Waals surface area contributed by atoms with Crippen LogP contribution in [0.25, 0.3) is 0 Å². The van der Waals surface area contributed by atoms with Crippen LogP contribution in [-0.4, -0.2) is 33.4 Å². The molecule has 0 heterocycles. The van der Waals surface area contributed by atoms with Crippen molar-refractivity contribution in [1.29, 1.82) is 0 Å². The van der Waals surface area contributed by atoms with Crippen molar-refractivity contribution in [3.05, 3.63) is 35.4 Å². The maximum absolute atomic E-state index is 12.3. The molecule has 1 aromatic rings. The van der Waals surface area contributed by atoms with E-state index in [2.05, 4.69) is 12.2 Å². The van der Waals surface area contributed by atoms with Gasteiger partial charge < -0.3 is 5.32 Å². The molecule has 20 heavy (non-hydrogen) atoms. The Bertz CT molecular complexity index is 539.